The standard InChI is InChI=1S/C23H18F3N5O2S/c1-14-6-8-17-18(12-27)22(31(20(17)11-14)21-5-3-4-10-28-21)19-9-7-16(13-29-19)34(32,33)30-15(2)23(24,25)26/h3-11,13,15,30H,1-2H3/t15-/m0/s1. The molecule has 0 amide bonds. The summed E-state index contributed by atoms with van der Waals surface area (Å²) in [5.74, 6) is 0.522. The Morgan fingerprint density at radius 3 is 2.47 bits per heavy atom. The Hall–Kier alpha value is -3.75. The Morgan fingerprint density at radius 2 is 1.88 bits per heavy atom. The van der Waals surface area contributed by atoms with Gasteiger partial charge in [-0.2, -0.15) is 23.2 Å². The molecular formula is C23H18F3N5O2S. The second-order valence-electron chi connectivity index (χ2n) is 7.64. The Bertz CT molecular complexity index is 1510. The number of nitrogens with zero attached hydrogens (tertiary/aromatic N) is 4. The summed E-state index contributed by atoms with van der Waals surface area (Å²) in [5, 5.41) is 10.6. The molecule has 0 aliphatic carbocycles. The van der Waals surface area contributed by atoms with Gasteiger partial charge < -0.3 is 0 Å². The number of nitriles is 1. The normalized spacial score (nSPS) is 13.1. The average Bonchev–Trinajstić information content (AvgIpc) is 3.12. The summed E-state index contributed by atoms with van der Waals surface area (Å²) in [4.78, 5) is 8.16. The van der Waals surface area contributed by atoms with Crippen molar-refractivity contribution >= 4 is 20.9 Å². The van der Waals surface area contributed by atoms with Crippen molar-refractivity contribution in [2.75, 3.05) is 0 Å². The Labute approximate surface area is 193 Å². The molecule has 0 radical (unpaired) electrons. The van der Waals surface area contributed by atoms with Crippen molar-refractivity contribution < 1.29 is 21.6 Å². The number of sulfonamides is 1. The van der Waals surface area contributed by atoms with E-state index >= 15 is 0 Å². The van der Waals surface area contributed by atoms with Gasteiger partial charge in [-0.3, -0.25) is 9.55 Å². The van der Waals surface area contributed by atoms with Crippen molar-refractivity contribution in [3.63, 3.8) is 0 Å². The van der Waals surface area contributed by atoms with E-state index in [1.807, 2.05) is 25.1 Å². The minimum Gasteiger partial charge on any atom is -0.291 e. The highest BCUT2D eigenvalue weighted by Crippen LogP contribution is 2.35. The third-order valence-corrected chi connectivity index (χ3v) is 6.75. The van der Waals surface area contributed by atoms with Gasteiger partial charge in [-0.15, -0.1) is 0 Å². The summed E-state index contributed by atoms with van der Waals surface area (Å²) in [5.41, 5.74) is 2.63. The zero-order valence-corrected chi connectivity index (χ0v) is 18.8. The zero-order chi connectivity index (χ0) is 24.7. The maximum atomic E-state index is 12.8. The fourth-order valence-corrected chi connectivity index (χ4v) is 4.70. The molecule has 0 aliphatic heterocycles. The molecule has 0 saturated heterocycles. The van der Waals surface area contributed by atoms with Crippen LogP contribution in [-0.2, 0) is 10.0 Å². The van der Waals surface area contributed by atoms with Gasteiger partial charge in [-0.1, -0.05) is 18.2 Å². The van der Waals surface area contributed by atoms with Crippen LogP contribution in [0.15, 0.2) is 65.8 Å². The number of hydrogen-bond acceptors (Lipinski definition) is 5. The molecule has 0 fully saturated rings. The molecule has 3 heterocycles. The third kappa shape index (κ3) is 4.25. The maximum Gasteiger partial charge on any atom is 0.404 e. The van der Waals surface area contributed by atoms with Crippen LogP contribution in [0.4, 0.5) is 13.2 Å². The number of halogens is 3. The summed E-state index contributed by atoms with van der Waals surface area (Å²) in [6.07, 6.45) is -2.17. The largest absolute Gasteiger partial charge is 0.404 e. The summed E-state index contributed by atoms with van der Waals surface area (Å²) in [6, 6.07) is 13.3. The first-order valence-electron chi connectivity index (χ1n) is 10.0. The highest BCUT2D eigenvalue weighted by atomic mass is 32.2. The first-order valence-corrected chi connectivity index (χ1v) is 11.5. The van der Waals surface area contributed by atoms with Crippen LogP contribution >= 0.6 is 0 Å². The molecule has 1 aromatic carbocycles. The number of alkyl halides is 3. The molecule has 3 aromatic heterocycles. The molecule has 4 aromatic rings. The lowest BCUT2D eigenvalue weighted by atomic mass is 10.1. The van der Waals surface area contributed by atoms with Crippen LogP contribution in [0.5, 0.6) is 0 Å². The number of pyridine rings is 2. The SMILES string of the molecule is Cc1ccc2c(C#N)c(-c3ccc(S(=O)(=O)N[C@@H](C)C(F)(F)F)cn3)n(-c3ccccn3)c2c1. The highest BCUT2D eigenvalue weighted by molar-refractivity contribution is 7.89. The molecule has 174 valence electrons. The van der Waals surface area contributed by atoms with Crippen molar-refractivity contribution in [1.29, 1.82) is 5.26 Å². The predicted octanol–water partition coefficient (Wildman–Crippen LogP) is 4.50. The molecule has 34 heavy (non-hydrogen) atoms. The van der Waals surface area contributed by atoms with E-state index in [9.17, 15) is 26.9 Å². The molecule has 0 spiro atoms. The van der Waals surface area contributed by atoms with E-state index < -0.39 is 27.1 Å². The molecule has 1 N–H and O–H groups in total. The number of hydrogen-bond donors (Lipinski definition) is 1. The summed E-state index contributed by atoms with van der Waals surface area (Å²) in [6.45, 7) is 2.62. The Kier molecular flexibility index (Phi) is 5.89. The van der Waals surface area contributed by atoms with Gasteiger partial charge in [0.25, 0.3) is 0 Å². The second-order valence-corrected chi connectivity index (χ2v) is 9.36. The maximum absolute atomic E-state index is 12.8. The van der Waals surface area contributed by atoms with Gasteiger partial charge in [-0.25, -0.2) is 13.4 Å². The van der Waals surface area contributed by atoms with Crippen LogP contribution < -0.4 is 4.72 Å². The smallest absolute Gasteiger partial charge is 0.291 e. The topological polar surface area (TPSA) is 101 Å². The van der Waals surface area contributed by atoms with Crippen LogP contribution in [0.3, 0.4) is 0 Å². The van der Waals surface area contributed by atoms with Crippen LogP contribution in [0.25, 0.3) is 28.1 Å². The fraction of sp³-hybridized carbons (Fsp3) is 0.174. The summed E-state index contributed by atoms with van der Waals surface area (Å²) >= 11 is 0. The minimum atomic E-state index is -4.73. The van der Waals surface area contributed by atoms with Crippen LogP contribution in [0.2, 0.25) is 0 Å². The molecule has 0 saturated carbocycles. The molecule has 0 unspecified atom stereocenters. The van der Waals surface area contributed by atoms with Gasteiger partial charge in [0.05, 0.1) is 22.5 Å². The monoisotopic (exact) mass is 485 g/mol. The quantitative estimate of drug-likeness (QED) is 0.449. The third-order valence-electron chi connectivity index (χ3n) is 5.23. The van der Waals surface area contributed by atoms with E-state index in [1.54, 1.807) is 33.7 Å². The lowest BCUT2D eigenvalue weighted by Crippen LogP contribution is -2.42. The van der Waals surface area contributed by atoms with Crippen molar-refractivity contribution in [3.05, 3.63) is 72.1 Å². The van der Waals surface area contributed by atoms with E-state index in [1.165, 1.54) is 6.07 Å². The van der Waals surface area contributed by atoms with Crippen molar-refractivity contribution in [1.82, 2.24) is 19.3 Å². The summed E-state index contributed by atoms with van der Waals surface area (Å²) in [7, 11) is -4.47. The zero-order valence-electron chi connectivity index (χ0n) is 18.0. The molecule has 4 rings (SSSR count). The molecule has 1 atom stereocenters. The van der Waals surface area contributed by atoms with Gasteiger partial charge in [0.2, 0.25) is 10.0 Å². The number of aromatic nitrogens is 3. The van der Waals surface area contributed by atoms with Crippen molar-refractivity contribution in [2.24, 2.45) is 0 Å². The van der Waals surface area contributed by atoms with E-state index in [-0.39, 0.29) is 5.69 Å². The Balaban J connectivity index is 1.87. The molecule has 0 aliphatic rings. The first kappa shape index (κ1) is 23.4. The van der Waals surface area contributed by atoms with E-state index in [0.29, 0.717) is 34.9 Å². The number of benzene rings is 1. The van der Waals surface area contributed by atoms with Gasteiger partial charge >= 0.3 is 6.18 Å². The van der Waals surface area contributed by atoms with E-state index in [2.05, 4.69) is 16.0 Å². The number of rotatable bonds is 5. The van der Waals surface area contributed by atoms with Gasteiger partial charge in [0, 0.05) is 17.8 Å². The minimum absolute atomic E-state index is 0.263. The molecule has 0 bridgehead atoms. The van der Waals surface area contributed by atoms with Crippen molar-refractivity contribution in [3.8, 4) is 23.3 Å². The van der Waals surface area contributed by atoms with Gasteiger partial charge in [0.15, 0.2) is 0 Å². The van der Waals surface area contributed by atoms with Crippen LogP contribution in [-0.4, -0.2) is 35.2 Å². The van der Waals surface area contributed by atoms with Crippen LogP contribution in [0, 0.1) is 18.3 Å². The predicted molar refractivity (Wildman–Crippen MR) is 120 cm³/mol. The number of aryl methyl sites for hydroxylation is 1. The van der Waals surface area contributed by atoms with Crippen LogP contribution in [0.1, 0.15) is 18.1 Å². The fourth-order valence-electron chi connectivity index (χ4n) is 3.52. The summed E-state index contributed by atoms with van der Waals surface area (Å²) < 4.78 is 66.6. The average molecular weight is 485 g/mol. The lowest BCUT2D eigenvalue weighted by molar-refractivity contribution is -0.147. The van der Waals surface area contributed by atoms with Gasteiger partial charge in [0.1, 0.15) is 22.8 Å². The number of fused-ring (bicyclic) bond motifs is 1. The highest BCUT2D eigenvalue weighted by Gasteiger charge is 2.39. The molecular weight excluding hydrogens is 467 g/mol. The molecule has 7 nitrogen and oxygen atoms in total. The second kappa shape index (κ2) is 8.55. The first-order chi connectivity index (χ1) is 16.0. The van der Waals surface area contributed by atoms with E-state index in [4.69, 9.17) is 0 Å². The molecule has 11 heteroatoms. The number of nitrogens with one attached hydrogen (secondary N) is 1. The lowest BCUT2D eigenvalue weighted by Gasteiger charge is -2.17. The van der Waals surface area contributed by atoms with Gasteiger partial charge in [-0.05, 0) is 49.7 Å². The van der Waals surface area contributed by atoms with Crippen molar-refractivity contribution in [2.45, 2.75) is 31.0 Å². The Morgan fingerprint density at radius 1 is 1.12 bits per heavy atom. The van der Waals surface area contributed by atoms with E-state index in [0.717, 1.165) is 17.8 Å².